The van der Waals surface area contributed by atoms with Crippen LogP contribution in [0.25, 0.3) is 0 Å². The number of hydrogen-bond donors (Lipinski definition) is 21. The van der Waals surface area contributed by atoms with Gasteiger partial charge in [0, 0.05) is 56.6 Å². The summed E-state index contributed by atoms with van der Waals surface area (Å²) in [6.07, 6.45) is -3.85. The van der Waals surface area contributed by atoms with E-state index < -0.39 is 181 Å². The standard InChI is InChI=1S/C71H84N20O17/c1-37-60(97)81-51(29-40-16-9-4-10-17-40)66(103)87-59(69(106)91-88-48(58(96)70(107)108)26-41-19-22-44(92)23-20-41)86-57(95)34-55(90-89-54-30-42-21-24-45(93)32-47(42)80-67(54)104)68(105)84-52(31-43-35-75-36-77-43)65(102)79-46(18-11-25-76-71(73)74)61(98)82-49(27-38-12-5-2-6-13-38)63(100)83-50(28-39-14-7-3-8-15-39)64(101)85-53(33-56(72)94)62(99)78-37/h2-10,12-17,19-24,32,35-37,46,48-55,59,88-90,92-93H,11,18,25-31,33-34H2,1H3,(H2,72,94)(H,75,77)(H,78,99)(H,79,102)(H,80,104)(H,81,97)(H,82,98)(H,83,100)(H,84,105)(H,85,101)(H,86,95)(H,87,103)(H,91,106)(H,107,108)(H4,73,74,76)/t37-,46-,48-,49-,50-,51-,52-,53-,54-,55-,59-/m0/s1. The molecule has 0 radical (unpaired) electrons. The largest absolute Gasteiger partial charge is 0.508 e. The zero-order valence-corrected chi connectivity index (χ0v) is 58.2. The first-order valence-corrected chi connectivity index (χ1v) is 34.0. The van der Waals surface area contributed by atoms with Crippen LogP contribution in [0.5, 0.6) is 11.5 Å². The molecule has 37 heteroatoms. The first-order valence-electron chi connectivity index (χ1n) is 34.0. The minimum atomic E-state index is -2.34. The lowest BCUT2D eigenvalue weighted by molar-refractivity contribution is -0.150. The number of aromatic amines is 1. The third kappa shape index (κ3) is 24.8. The number of fused-ring (bicyclic) bond motifs is 1. The van der Waals surface area contributed by atoms with Gasteiger partial charge in [0.15, 0.2) is 12.1 Å². The number of carbonyl (C=O) groups is 14. The van der Waals surface area contributed by atoms with Crippen molar-refractivity contribution in [1.82, 2.24) is 79.5 Å². The Morgan fingerprint density at radius 3 is 1.56 bits per heavy atom. The number of H-pyrrole nitrogens is 1. The predicted molar refractivity (Wildman–Crippen MR) is 384 cm³/mol. The molecule has 0 unspecified atom stereocenters. The lowest BCUT2D eigenvalue weighted by atomic mass is 9.99. The van der Waals surface area contributed by atoms with E-state index in [1.54, 1.807) is 91.0 Å². The number of aliphatic imine (C=N–C) groups is 1. The number of ketones is 1. The highest BCUT2D eigenvalue weighted by molar-refractivity contribution is 6.34. The highest BCUT2D eigenvalue weighted by atomic mass is 16.4. The predicted octanol–water partition coefficient (Wildman–Crippen LogP) is -4.69. The number of nitrogens with zero attached hydrogens (tertiary/aromatic N) is 2. The minimum Gasteiger partial charge on any atom is -0.508 e. The smallest absolute Gasteiger partial charge is 0.373 e. The number of rotatable bonds is 24. The number of hydrogen-bond acceptors (Lipinski definition) is 21. The molecule has 570 valence electrons. The second kappa shape index (κ2) is 39.1. The number of anilines is 1. The van der Waals surface area contributed by atoms with E-state index in [4.69, 9.17) is 17.2 Å². The van der Waals surface area contributed by atoms with Gasteiger partial charge in [-0.05, 0) is 72.2 Å². The molecular formula is C71H84N20O17. The summed E-state index contributed by atoms with van der Waals surface area (Å²) in [6, 6.07) is 17.0. The average molecular weight is 1490 g/mol. The molecule has 12 amide bonds. The quantitative estimate of drug-likeness (QED) is 0.00890. The summed E-state index contributed by atoms with van der Waals surface area (Å²) in [4.78, 5) is 211. The number of nitrogens with two attached hydrogens (primary N) is 3. The number of guanidine groups is 1. The highest BCUT2D eigenvalue weighted by Gasteiger charge is 2.39. The van der Waals surface area contributed by atoms with Crippen molar-refractivity contribution in [2.45, 2.75) is 138 Å². The third-order valence-electron chi connectivity index (χ3n) is 17.1. The van der Waals surface area contributed by atoms with Crippen LogP contribution in [-0.2, 0) is 106 Å². The van der Waals surface area contributed by atoms with Crippen molar-refractivity contribution in [3.05, 3.63) is 179 Å². The van der Waals surface area contributed by atoms with Gasteiger partial charge in [-0.2, -0.15) is 0 Å². The van der Waals surface area contributed by atoms with E-state index in [2.05, 4.69) is 89.8 Å². The van der Waals surface area contributed by atoms with Gasteiger partial charge in [-0.1, -0.05) is 109 Å². The second-order valence-electron chi connectivity index (χ2n) is 25.4. The van der Waals surface area contributed by atoms with Crippen molar-refractivity contribution in [2.75, 3.05) is 11.9 Å². The number of hydrazine groups is 2. The number of imidazole rings is 1. The van der Waals surface area contributed by atoms with Crippen LogP contribution >= 0.6 is 0 Å². The van der Waals surface area contributed by atoms with E-state index in [1.165, 1.54) is 61.9 Å². The molecule has 8 rings (SSSR count). The number of carboxylic acids is 1. The Labute approximate surface area is 616 Å². The van der Waals surface area contributed by atoms with Crippen LogP contribution in [0.3, 0.4) is 0 Å². The van der Waals surface area contributed by atoms with Gasteiger partial charge in [-0.25, -0.2) is 26.1 Å². The van der Waals surface area contributed by atoms with Crippen LogP contribution in [0.4, 0.5) is 5.69 Å². The van der Waals surface area contributed by atoms with Crippen LogP contribution < -0.4 is 92.1 Å². The number of aromatic hydroxyl groups is 2. The van der Waals surface area contributed by atoms with Crippen molar-refractivity contribution in [1.29, 1.82) is 0 Å². The van der Waals surface area contributed by atoms with Gasteiger partial charge < -0.3 is 90.7 Å². The topological polar surface area (TPSA) is 587 Å². The second-order valence-corrected chi connectivity index (χ2v) is 25.4. The molecule has 37 nitrogen and oxygen atoms in total. The van der Waals surface area contributed by atoms with Crippen LogP contribution in [0, 0.1) is 0 Å². The van der Waals surface area contributed by atoms with E-state index in [1.807, 2.05) is 0 Å². The summed E-state index contributed by atoms with van der Waals surface area (Å²) in [6.45, 7) is 1.07. The summed E-state index contributed by atoms with van der Waals surface area (Å²) in [5.74, 6) is -17.5. The molecule has 2 aliphatic rings. The minimum absolute atomic E-state index is 0.0117. The summed E-state index contributed by atoms with van der Waals surface area (Å²) in [7, 11) is 0. The number of carbonyl (C=O) groups excluding carboxylic acids is 13. The molecule has 5 aromatic carbocycles. The Bertz CT molecular complexity index is 4250. The molecule has 1 fully saturated rings. The van der Waals surface area contributed by atoms with Crippen molar-refractivity contribution in [3.8, 4) is 11.5 Å². The molecule has 0 aliphatic carbocycles. The number of aromatic nitrogens is 2. The first-order chi connectivity index (χ1) is 51.6. The lowest BCUT2D eigenvalue weighted by Crippen LogP contribution is -2.65. The van der Waals surface area contributed by atoms with Crippen LogP contribution in [0.2, 0.25) is 0 Å². The fourth-order valence-corrected chi connectivity index (χ4v) is 11.4. The molecular weight excluding hydrogens is 1400 g/mol. The number of nitrogens with one attached hydrogen (secondary N) is 15. The number of phenolic OH excluding ortho intramolecular Hbond substituents is 2. The maximum atomic E-state index is 15.2. The Balaban J connectivity index is 1.23. The summed E-state index contributed by atoms with van der Waals surface area (Å²) in [5, 5.41) is 55.2. The SMILES string of the molecule is C[C@@H]1NC(=O)[C@H](CC(N)=O)NC(=O)[C@H](Cc2ccccc2)NC(=O)[C@H](Cc2ccccc2)NC(=O)[C@H](CCCN=C(N)N)NC(=O)[C@H](Cc2c[nH]cn2)NC(=O)[C@@H](NN[C@H]2Cc3ccc(O)cc3NC2=O)CC(=O)N[C@H](C(=O)NN[C@@H](Cc2ccc(O)cc2)C(=O)C(=O)O)NC(=O)[C@H](Cc2ccccc2)NC1=O. The molecule has 0 saturated carbocycles. The van der Waals surface area contributed by atoms with Crippen LogP contribution in [0.15, 0.2) is 151 Å². The van der Waals surface area contributed by atoms with Gasteiger partial charge in [0.05, 0.1) is 24.9 Å². The van der Waals surface area contributed by atoms with E-state index >= 15 is 19.2 Å². The molecule has 1 aromatic heterocycles. The first kappa shape index (κ1) is 80.5. The number of phenols is 2. The number of carboxylic acid groups (broad SMARTS) is 1. The number of benzene rings is 5. The van der Waals surface area contributed by atoms with Gasteiger partial charge >= 0.3 is 5.97 Å². The summed E-state index contributed by atoms with van der Waals surface area (Å²) < 4.78 is 0. The van der Waals surface area contributed by atoms with E-state index in [9.17, 15) is 63.3 Å². The summed E-state index contributed by atoms with van der Waals surface area (Å²) in [5.41, 5.74) is 29.3. The zero-order chi connectivity index (χ0) is 78.0. The number of aliphatic carboxylic acids is 1. The third-order valence-corrected chi connectivity index (χ3v) is 17.1. The maximum absolute atomic E-state index is 15.2. The van der Waals surface area contributed by atoms with Gasteiger partial charge in [0.25, 0.3) is 11.7 Å². The molecule has 6 aromatic rings. The average Bonchev–Trinajstić information content (AvgIpc) is 1.01. The molecule has 2 aliphatic heterocycles. The molecule has 24 N–H and O–H groups in total. The molecule has 11 atom stereocenters. The Morgan fingerprint density at radius 2 is 1.03 bits per heavy atom. The molecule has 0 bridgehead atoms. The van der Waals surface area contributed by atoms with Crippen molar-refractivity contribution < 1.29 is 82.4 Å². The van der Waals surface area contributed by atoms with Gasteiger partial charge in [-0.15, -0.1) is 0 Å². The van der Waals surface area contributed by atoms with Crippen LogP contribution in [-0.4, -0.2) is 187 Å². The van der Waals surface area contributed by atoms with Crippen molar-refractivity contribution in [3.63, 3.8) is 0 Å². The number of Topliss-reactive ketones (excluding diaryl/α,β-unsaturated/α-hetero) is 1. The Hall–Kier alpha value is -13.2. The zero-order valence-electron chi connectivity index (χ0n) is 58.2. The maximum Gasteiger partial charge on any atom is 0.373 e. The Morgan fingerprint density at radius 1 is 0.537 bits per heavy atom. The van der Waals surface area contributed by atoms with E-state index in [-0.39, 0.29) is 73.1 Å². The fourth-order valence-electron chi connectivity index (χ4n) is 11.4. The van der Waals surface area contributed by atoms with Gasteiger partial charge in [-0.3, -0.25) is 72.7 Å². The van der Waals surface area contributed by atoms with Crippen molar-refractivity contribution >= 4 is 94.3 Å². The number of primary amides is 1. The molecule has 0 spiro atoms. The number of amides is 12. The van der Waals surface area contributed by atoms with Gasteiger partial charge in [0.1, 0.15) is 71.9 Å². The molecule has 3 heterocycles. The Kier molecular flexibility index (Phi) is 29.1. The van der Waals surface area contributed by atoms with E-state index in [0.717, 1.165) is 0 Å². The highest BCUT2D eigenvalue weighted by Crippen LogP contribution is 2.27. The lowest BCUT2D eigenvalue weighted by Gasteiger charge is -2.30. The van der Waals surface area contributed by atoms with Crippen molar-refractivity contribution in [2.24, 2.45) is 22.2 Å². The monoisotopic (exact) mass is 1490 g/mol. The van der Waals surface area contributed by atoms with Crippen LogP contribution in [0.1, 0.15) is 66.1 Å². The fraction of sp³-hybridized carbons (Fsp3) is 0.324. The normalized spacial score (nSPS) is 21.9. The summed E-state index contributed by atoms with van der Waals surface area (Å²) >= 11 is 0. The van der Waals surface area contributed by atoms with E-state index in [0.29, 0.717) is 22.3 Å². The van der Waals surface area contributed by atoms with Gasteiger partial charge in [0.2, 0.25) is 65.0 Å². The molecule has 1 saturated heterocycles. The molecule has 108 heavy (non-hydrogen) atoms.